The van der Waals surface area contributed by atoms with Gasteiger partial charge in [0.25, 0.3) is 0 Å². The minimum atomic E-state index is 0.553. The molecule has 1 saturated heterocycles. The van der Waals surface area contributed by atoms with Crippen molar-refractivity contribution in [2.45, 2.75) is 45.8 Å². The second-order valence-electron chi connectivity index (χ2n) is 5.02. The van der Waals surface area contributed by atoms with Gasteiger partial charge in [-0.2, -0.15) is 0 Å². The molecule has 0 bridgehead atoms. The van der Waals surface area contributed by atoms with Gasteiger partial charge in [-0.25, -0.2) is 4.98 Å². The first-order valence-electron chi connectivity index (χ1n) is 7.29. The van der Waals surface area contributed by atoms with E-state index in [2.05, 4.69) is 29.4 Å². The zero-order valence-corrected chi connectivity index (χ0v) is 12.8. The van der Waals surface area contributed by atoms with Crippen LogP contribution in [-0.2, 0) is 17.8 Å². The second-order valence-corrected chi connectivity index (χ2v) is 5.96. The van der Waals surface area contributed by atoms with Crippen LogP contribution in [0, 0.1) is 0 Å². The first kappa shape index (κ1) is 14.9. The summed E-state index contributed by atoms with van der Waals surface area (Å²) in [5.74, 6) is 0. The molecule has 2 rings (SSSR count). The van der Waals surface area contributed by atoms with Crippen molar-refractivity contribution in [1.29, 1.82) is 0 Å². The molecule has 1 aromatic rings. The molecule has 19 heavy (non-hydrogen) atoms. The fourth-order valence-corrected chi connectivity index (χ4v) is 3.11. The van der Waals surface area contributed by atoms with Crippen LogP contribution in [0.15, 0.2) is 5.38 Å². The van der Waals surface area contributed by atoms with Crippen molar-refractivity contribution in [3.05, 3.63) is 16.1 Å². The Labute approximate surface area is 120 Å². The van der Waals surface area contributed by atoms with Gasteiger partial charge in [0.15, 0.2) is 0 Å². The number of ether oxygens (including phenoxy) is 1. The van der Waals surface area contributed by atoms with Gasteiger partial charge in [-0.1, -0.05) is 13.8 Å². The van der Waals surface area contributed by atoms with Crippen LogP contribution in [0.5, 0.6) is 0 Å². The molecule has 1 fully saturated rings. The van der Waals surface area contributed by atoms with Crippen molar-refractivity contribution in [1.82, 2.24) is 15.2 Å². The summed E-state index contributed by atoms with van der Waals surface area (Å²) in [6.07, 6.45) is 2.32. The topological polar surface area (TPSA) is 37.4 Å². The van der Waals surface area contributed by atoms with Crippen LogP contribution in [0.4, 0.5) is 0 Å². The molecule has 0 amide bonds. The lowest BCUT2D eigenvalue weighted by Gasteiger charge is -2.34. The minimum Gasteiger partial charge on any atom is -0.378 e. The molecule has 0 aliphatic carbocycles. The van der Waals surface area contributed by atoms with E-state index >= 15 is 0 Å². The maximum atomic E-state index is 5.54. The number of morpholine rings is 1. The number of rotatable bonds is 7. The van der Waals surface area contributed by atoms with Crippen LogP contribution in [-0.4, -0.2) is 42.2 Å². The summed E-state index contributed by atoms with van der Waals surface area (Å²) in [5.41, 5.74) is 1.21. The molecule has 1 atom stereocenters. The summed E-state index contributed by atoms with van der Waals surface area (Å²) < 4.78 is 5.54. The summed E-state index contributed by atoms with van der Waals surface area (Å²) in [5, 5.41) is 6.80. The third-order valence-corrected chi connectivity index (χ3v) is 4.39. The summed E-state index contributed by atoms with van der Waals surface area (Å²) in [6, 6.07) is 0.553. The van der Waals surface area contributed by atoms with Crippen LogP contribution >= 0.6 is 11.3 Å². The minimum absolute atomic E-state index is 0.553. The highest BCUT2D eigenvalue weighted by Gasteiger charge is 2.22. The van der Waals surface area contributed by atoms with Crippen molar-refractivity contribution in [3.8, 4) is 0 Å². The van der Waals surface area contributed by atoms with Gasteiger partial charge in [0, 0.05) is 31.1 Å². The lowest BCUT2D eigenvalue weighted by Crippen LogP contribution is -2.44. The van der Waals surface area contributed by atoms with Gasteiger partial charge in [0.05, 0.1) is 18.9 Å². The number of hydrogen-bond donors (Lipinski definition) is 1. The number of aromatic nitrogens is 1. The molecule has 0 saturated carbocycles. The molecule has 2 heterocycles. The summed E-state index contributed by atoms with van der Waals surface area (Å²) in [6.45, 7) is 10.1. The molecule has 4 nitrogen and oxygen atoms in total. The van der Waals surface area contributed by atoms with Gasteiger partial charge in [0.2, 0.25) is 0 Å². The molecule has 5 heteroatoms. The highest BCUT2D eigenvalue weighted by atomic mass is 32.1. The molecule has 1 unspecified atom stereocenters. The number of nitrogens with one attached hydrogen (secondary N) is 1. The summed E-state index contributed by atoms with van der Waals surface area (Å²) in [4.78, 5) is 7.22. The van der Waals surface area contributed by atoms with Gasteiger partial charge in [-0.05, 0) is 19.4 Å². The Kier molecular flexibility index (Phi) is 6.23. The summed E-state index contributed by atoms with van der Waals surface area (Å²) in [7, 11) is 0. The van der Waals surface area contributed by atoms with E-state index in [1.165, 1.54) is 17.1 Å². The average molecular weight is 283 g/mol. The van der Waals surface area contributed by atoms with E-state index in [-0.39, 0.29) is 0 Å². The Balaban J connectivity index is 1.84. The van der Waals surface area contributed by atoms with Gasteiger partial charge in [-0.15, -0.1) is 11.3 Å². The zero-order chi connectivity index (χ0) is 13.5. The normalized spacial score (nSPS) is 20.8. The van der Waals surface area contributed by atoms with E-state index in [0.29, 0.717) is 6.04 Å². The lowest BCUT2D eigenvalue weighted by atomic mass is 10.1. The number of thiazole rings is 1. The van der Waals surface area contributed by atoms with Gasteiger partial charge >= 0.3 is 0 Å². The van der Waals surface area contributed by atoms with Crippen molar-refractivity contribution >= 4 is 11.3 Å². The maximum absolute atomic E-state index is 5.54. The second kappa shape index (κ2) is 7.94. The summed E-state index contributed by atoms with van der Waals surface area (Å²) >= 11 is 1.77. The maximum Gasteiger partial charge on any atom is 0.107 e. The molecular formula is C14H25N3OS. The Morgan fingerprint density at radius 3 is 3.21 bits per heavy atom. The van der Waals surface area contributed by atoms with Crippen molar-refractivity contribution in [2.24, 2.45) is 0 Å². The molecule has 1 aromatic heterocycles. The van der Waals surface area contributed by atoms with Crippen LogP contribution in [0.1, 0.15) is 37.4 Å². The van der Waals surface area contributed by atoms with Crippen molar-refractivity contribution in [2.75, 3.05) is 26.3 Å². The molecular weight excluding hydrogens is 258 g/mol. The van der Waals surface area contributed by atoms with E-state index in [9.17, 15) is 0 Å². The Bertz CT molecular complexity index is 369. The highest BCUT2D eigenvalue weighted by Crippen LogP contribution is 2.16. The molecule has 0 spiro atoms. The molecule has 1 aliphatic heterocycles. The van der Waals surface area contributed by atoms with Crippen LogP contribution in [0.2, 0.25) is 0 Å². The molecule has 0 radical (unpaired) electrons. The third kappa shape index (κ3) is 4.53. The van der Waals surface area contributed by atoms with E-state index in [1.807, 2.05) is 0 Å². The standard InChI is InChI=1S/C14H25N3OS/c1-3-5-15-8-14-16-12(11-19-14)9-17-6-7-18-10-13(17)4-2/h11,13,15H,3-10H2,1-2H3. The quantitative estimate of drug-likeness (QED) is 0.779. The van der Waals surface area contributed by atoms with Crippen LogP contribution in [0.25, 0.3) is 0 Å². The molecule has 1 aliphatic rings. The molecule has 0 aromatic carbocycles. The van der Waals surface area contributed by atoms with Gasteiger partial charge in [-0.3, -0.25) is 4.90 Å². The first-order valence-corrected chi connectivity index (χ1v) is 8.17. The largest absolute Gasteiger partial charge is 0.378 e. The first-order chi connectivity index (χ1) is 9.33. The molecule has 108 valence electrons. The fourth-order valence-electron chi connectivity index (χ4n) is 2.36. The Morgan fingerprint density at radius 2 is 2.42 bits per heavy atom. The van der Waals surface area contributed by atoms with E-state index < -0.39 is 0 Å². The molecule has 1 N–H and O–H groups in total. The number of hydrogen-bond acceptors (Lipinski definition) is 5. The van der Waals surface area contributed by atoms with Crippen molar-refractivity contribution in [3.63, 3.8) is 0 Å². The van der Waals surface area contributed by atoms with E-state index in [1.54, 1.807) is 11.3 Å². The zero-order valence-electron chi connectivity index (χ0n) is 12.0. The van der Waals surface area contributed by atoms with E-state index in [4.69, 9.17) is 9.72 Å². The van der Waals surface area contributed by atoms with Gasteiger partial charge in [0.1, 0.15) is 5.01 Å². The third-order valence-electron chi connectivity index (χ3n) is 3.49. The lowest BCUT2D eigenvalue weighted by molar-refractivity contribution is -0.0132. The predicted octanol–water partition coefficient (Wildman–Crippen LogP) is 2.25. The SMILES string of the molecule is CCCNCc1nc(CN2CCOCC2CC)cs1. The Morgan fingerprint density at radius 1 is 1.53 bits per heavy atom. The van der Waals surface area contributed by atoms with E-state index in [0.717, 1.165) is 45.8 Å². The Hall–Kier alpha value is -0.490. The fraction of sp³-hybridized carbons (Fsp3) is 0.786. The number of nitrogens with zero attached hydrogens (tertiary/aromatic N) is 2. The smallest absolute Gasteiger partial charge is 0.107 e. The highest BCUT2D eigenvalue weighted by molar-refractivity contribution is 7.09. The van der Waals surface area contributed by atoms with Crippen LogP contribution < -0.4 is 5.32 Å². The van der Waals surface area contributed by atoms with Gasteiger partial charge < -0.3 is 10.1 Å². The average Bonchev–Trinajstić information content (AvgIpc) is 2.87. The monoisotopic (exact) mass is 283 g/mol. The van der Waals surface area contributed by atoms with Crippen molar-refractivity contribution < 1.29 is 4.74 Å². The van der Waals surface area contributed by atoms with Crippen LogP contribution in [0.3, 0.4) is 0 Å². The predicted molar refractivity (Wildman–Crippen MR) is 79.4 cm³/mol.